The van der Waals surface area contributed by atoms with Crippen molar-refractivity contribution in [3.05, 3.63) is 58.9 Å². The number of halogens is 1. The minimum absolute atomic E-state index is 0.0891. The van der Waals surface area contributed by atoms with E-state index >= 15 is 0 Å². The molecule has 3 heteroatoms. The molecule has 19 heavy (non-hydrogen) atoms. The summed E-state index contributed by atoms with van der Waals surface area (Å²) in [7, 11) is 0. The van der Waals surface area contributed by atoms with Crippen LogP contribution in [0.2, 0.25) is 0 Å². The van der Waals surface area contributed by atoms with Gasteiger partial charge in [-0.15, -0.1) is 0 Å². The van der Waals surface area contributed by atoms with Crippen LogP contribution < -0.4 is 4.74 Å². The SMILES string of the molecule is Cc1ccc(C)c(Oc2c(F)cccc2C(C)O)c1. The Hall–Kier alpha value is -1.87. The molecule has 0 bridgehead atoms. The first-order valence-corrected chi connectivity index (χ1v) is 6.20. The number of hydrogen-bond acceptors (Lipinski definition) is 2. The molecule has 0 amide bonds. The van der Waals surface area contributed by atoms with Gasteiger partial charge >= 0.3 is 0 Å². The molecule has 1 N–H and O–H groups in total. The van der Waals surface area contributed by atoms with E-state index in [9.17, 15) is 9.50 Å². The second kappa shape index (κ2) is 5.41. The molecular weight excluding hydrogens is 243 g/mol. The quantitative estimate of drug-likeness (QED) is 0.892. The van der Waals surface area contributed by atoms with Crippen LogP contribution in [0, 0.1) is 19.7 Å². The first kappa shape index (κ1) is 13.6. The predicted molar refractivity (Wildman–Crippen MR) is 73.0 cm³/mol. The third kappa shape index (κ3) is 2.93. The molecule has 0 saturated carbocycles. The molecule has 0 aliphatic rings. The number of para-hydroxylation sites is 1. The van der Waals surface area contributed by atoms with Gasteiger partial charge in [-0.3, -0.25) is 0 Å². The Balaban J connectivity index is 2.46. The van der Waals surface area contributed by atoms with E-state index in [-0.39, 0.29) is 5.75 Å². The molecule has 100 valence electrons. The highest BCUT2D eigenvalue weighted by molar-refractivity contribution is 5.43. The van der Waals surface area contributed by atoms with Crippen molar-refractivity contribution in [1.82, 2.24) is 0 Å². The van der Waals surface area contributed by atoms with E-state index in [2.05, 4.69) is 0 Å². The van der Waals surface area contributed by atoms with Gasteiger partial charge < -0.3 is 9.84 Å². The van der Waals surface area contributed by atoms with Gasteiger partial charge in [-0.05, 0) is 44.0 Å². The van der Waals surface area contributed by atoms with Gasteiger partial charge in [0, 0.05) is 5.56 Å². The van der Waals surface area contributed by atoms with E-state index in [1.807, 2.05) is 32.0 Å². The van der Waals surface area contributed by atoms with Crippen LogP contribution in [0.1, 0.15) is 29.7 Å². The van der Waals surface area contributed by atoms with Crippen molar-refractivity contribution in [2.75, 3.05) is 0 Å². The van der Waals surface area contributed by atoms with Crippen molar-refractivity contribution in [3.63, 3.8) is 0 Å². The minimum atomic E-state index is -0.782. The standard InChI is InChI=1S/C16H17FO2/c1-10-7-8-11(2)15(9-10)19-16-13(12(3)18)5-4-6-14(16)17/h4-9,12,18H,1-3H3. The first-order chi connectivity index (χ1) is 8.99. The average molecular weight is 260 g/mol. The number of hydrogen-bond donors (Lipinski definition) is 1. The largest absolute Gasteiger partial charge is 0.454 e. The van der Waals surface area contributed by atoms with Crippen LogP contribution in [0.25, 0.3) is 0 Å². The van der Waals surface area contributed by atoms with Gasteiger partial charge in [0.25, 0.3) is 0 Å². The number of aliphatic hydroxyl groups excluding tert-OH is 1. The maximum atomic E-state index is 13.9. The number of benzene rings is 2. The molecule has 2 rings (SSSR count). The Morgan fingerprint density at radius 2 is 1.89 bits per heavy atom. The molecule has 2 aromatic rings. The van der Waals surface area contributed by atoms with Crippen LogP contribution in [0.15, 0.2) is 36.4 Å². The summed E-state index contributed by atoms with van der Waals surface area (Å²) in [5.74, 6) is 0.220. The van der Waals surface area contributed by atoms with Crippen molar-refractivity contribution in [2.45, 2.75) is 26.9 Å². The first-order valence-electron chi connectivity index (χ1n) is 6.20. The molecule has 0 fully saturated rings. The molecule has 0 saturated heterocycles. The maximum absolute atomic E-state index is 13.9. The number of rotatable bonds is 3. The summed E-state index contributed by atoms with van der Waals surface area (Å²) in [6.45, 7) is 5.44. The summed E-state index contributed by atoms with van der Waals surface area (Å²) < 4.78 is 19.6. The normalized spacial score (nSPS) is 12.3. The summed E-state index contributed by atoms with van der Waals surface area (Å²) in [6, 6.07) is 10.3. The van der Waals surface area contributed by atoms with Crippen LogP contribution in [0.5, 0.6) is 11.5 Å². The van der Waals surface area contributed by atoms with Gasteiger partial charge in [-0.1, -0.05) is 24.3 Å². The monoisotopic (exact) mass is 260 g/mol. The fourth-order valence-corrected chi connectivity index (χ4v) is 1.89. The summed E-state index contributed by atoms with van der Waals surface area (Å²) in [6.07, 6.45) is -0.782. The van der Waals surface area contributed by atoms with Gasteiger partial charge in [0.05, 0.1) is 6.10 Å². The van der Waals surface area contributed by atoms with Crippen molar-refractivity contribution in [2.24, 2.45) is 0 Å². The van der Waals surface area contributed by atoms with Gasteiger partial charge in [-0.2, -0.15) is 0 Å². The molecule has 0 radical (unpaired) electrons. The molecular formula is C16H17FO2. The smallest absolute Gasteiger partial charge is 0.168 e. The van der Waals surface area contributed by atoms with Gasteiger partial charge in [0.1, 0.15) is 5.75 Å². The van der Waals surface area contributed by atoms with Gasteiger partial charge in [0.2, 0.25) is 0 Å². The third-order valence-electron chi connectivity index (χ3n) is 3.00. The summed E-state index contributed by atoms with van der Waals surface area (Å²) in [5.41, 5.74) is 2.40. The molecule has 0 heterocycles. The summed E-state index contributed by atoms with van der Waals surface area (Å²) in [5, 5.41) is 9.68. The third-order valence-corrected chi connectivity index (χ3v) is 3.00. The average Bonchev–Trinajstić information content (AvgIpc) is 2.35. The highest BCUT2D eigenvalue weighted by Gasteiger charge is 2.15. The Labute approximate surface area is 112 Å². The zero-order chi connectivity index (χ0) is 14.0. The van der Waals surface area contributed by atoms with Crippen LogP contribution >= 0.6 is 0 Å². The van der Waals surface area contributed by atoms with E-state index in [4.69, 9.17) is 4.74 Å². The van der Waals surface area contributed by atoms with Crippen molar-refractivity contribution >= 4 is 0 Å². The number of ether oxygens (including phenoxy) is 1. The maximum Gasteiger partial charge on any atom is 0.168 e. The van der Waals surface area contributed by atoms with Crippen molar-refractivity contribution in [3.8, 4) is 11.5 Å². The lowest BCUT2D eigenvalue weighted by Gasteiger charge is -2.15. The highest BCUT2D eigenvalue weighted by Crippen LogP contribution is 2.33. The lowest BCUT2D eigenvalue weighted by Crippen LogP contribution is -1.99. The van der Waals surface area contributed by atoms with Gasteiger partial charge in [0.15, 0.2) is 11.6 Å². The van der Waals surface area contributed by atoms with E-state index in [1.54, 1.807) is 19.1 Å². The number of aliphatic hydroxyl groups is 1. The zero-order valence-electron chi connectivity index (χ0n) is 11.3. The lowest BCUT2D eigenvalue weighted by molar-refractivity contribution is 0.194. The second-order valence-corrected chi connectivity index (χ2v) is 4.71. The molecule has 0 spiro atoms. The fourth-order valence-electron chi connectivity index (χ4n) is 1.89. The fraction of sp³-hybridized carbons (Fsp3) is 0.250. The summed E-state index contributed by atoms with van der Waals surface area (Å²) in [4.78, 5) is 0. The highest BCUT2D eigenvalue weighted by atomic mass is 19.1. The minimum Gasteiger partial charge on any atom is -0.454 e. The zero-order valence-corrected chi connectivity index (χ0v) is 11.3. The van der Waals surface area contributed by atoms with E-state index < -0.39 is 11.9 Å². The Kier molecular flexibility index (Phi) is 3.86. The Morgan fingerprint density at radius 1 is 1.16 bits per heavy atom. The van der Waals surface area contributed by atoms with Crippen LogP contribution in [0.3, 0.4) is 0 Å². The molecule has 0 aromatic heterocycles. The Morgan fingerprint density at radius 3 is 2.58 bits per heavy atom. The Bertz CT molecular complexity index is 591. The van der Waals surface area contributed by atoms with Crippen LogP contribution in [-0.4, -0.2) is 5.11 Å². The van der Waals surface area contributed by atoms with Crippen LogP contribution in [-0.2, 0) is 0 Å². The summed E-state index contributed by atoms with van der Waals surface area (Å²) >= 11 is 0. The lowest BCUT2D eigenvalue weighted by atomic mass is 10.1. The topological polar surface area (TPSA) is 29.5 Å². The molecule has 2 nitrogen and oxygen atoms in total. The van der Waals surface area contributed by atoms with Gasteiger partial charge in [-0.25, -0.2) is 4.39 Å². The van der Waals surface area contributed by atoms with E-state index in [0.29, 0.717) is 11.3 Å². The predicted octanol–water partition coefficient (Wildman–Crippen LogP) is 4.29. The molecule has 2 aromatic carbocycles. The second-order valence-electron chi connectivity index (χ2n) is 4.71. The van der Waals surface area contributed by atoms with Crippen molar-refractivity contribution < 1.29 is 14.2 Å². The molecule has 1 unspecified atom stereocenters. The molecule has 0 aliphatic carbocycles. The molecule has 1 atom stereocenters. The molecule has 0 aliphatic heterocycles. The van der Waals surface area contributed by atoms with Crippen LogP contribution in [0.4, 0.5) is 4.39 Å². The van der Waals surface area contributed by atoms with E-state index in [1.165, 1.54) is 6.07 Å². The van der Waals surface area contributed by atoms with Crippen molar-refractivity contribution in [1.29, 1.82) is 0 Å². The van der Waals surface area contributed by atoms with E-state index in [0.717, 1.165) is 11.1 Å². The number of aryl methyl sites for hydroxylation is 2.